The van der Waals surface area contributed by atoms with E-state index in [9.17, 15) is 14.7 Å². The zero-order chi connectivity index (χ0) is 20.2. The van der Waals surface area contributed by atoms with Gasteiger partial charge in [0.15, 0.2) is 23.2 Å². The van der Waals surface area contributed by atoms with Crippen LogP contribution in [0.2, 0.25) is 0 Å². The Bertz CT molecular complexity index is 609. The number of hydrogen-bond acceptors (Lipinski definition) is 8. The molecular formula is C18H28N2O7. The van der Waals surface area contributed by atoms with Crippen molar-refractivity contribution in [3.05, 3.63) is 18.0 Å². The Labute approximate surface area is 159 Å². The Balaban J connectivity index is 2.69. The van der Waals surface area contributed by atoms with E-state index in [0.717, 1.165) is 6.42 Å². The summed E-state index contributed by atoms with van der Waals surface area (Å²) in [6.07, 6.45) is 2.39. The van der Waals surface area contributed by atoms with Gasteiger partial charge in [-0.25, -0.2) is 9.78 Å². The van der Waals surface area contributed by atoms with Crippen molar-refractivity contribution >= 4 is 11.9 Å². The smallest absolute Gasteiger partial charge is 0.331 e. The maximum atomic E-state index is 12.4. The molecule has 2 unspecified atom stereocenters. The highest BCUT2D eigenvalue weighted by molar-refractivity contribution is 5.97. The molecule has 0 aliphatic rings. The molecule has 0 fully saturated rings. The Morgan fingerprint density at radius 3 is 2.67 bits per heavy atom. The summed E-state index contributed by atoms with van der Waals surface area (Å²) in [4.78, 5) is 28.5. The number of carbonyl (C=O) groups is 2. The molecule has 0 saturated carbocycles. The lowest BCUT2D eigenvalue weighted by Gasteiger charge is -2.20. The molecule has 0 bridgehead atoms. The lowest BCUT2D eigenvalue weighted by atomic mass is 10.2. The fraction of sp³-hybridized carbons (Fsp3) is 0.611. The van der Waals surface area contributed by atoms with Crippen molar-refractivity contribution in [2.24, 2.45) is 0 Å². The summed E-state index contributed by atoms with van der Waals surface area (Å²) < 4.78 is 20.6. The van der Waals surface area contributed by atoms with Crippen LogP contribution in [-0.4, -0.2) is 68.2 Å². The fourth-order valence-electron chi connectivity index (χ4n) is 2.16. The third kappa shape index (κ3) is 7.40. The van der Waals surface area contributed by atoms with Crippen molar-refractivity contribution in [2.75, 3.05) is 34.0 Å². The van der Waals surface area contributed by atoms with Crippen LogP contribution in [0.3, 0.4) is 0 Å². The number of ether oxygens (including phenoxy) is 4. The summed E-state index contributed by atoms with van der Waals surface area (Å²) in [5.41, 5.74) is -0.260. The van der Waals surface area contributed by atoms with E-state index in [2.05, 4.69) is 10.3 Å². The average molecular weight is 384 g/mol. The highest BCUT2D eigenvalue weighted by Crippen LogP contribution is 2.27. The van der Waals surface area contributed by atoms with Gasteiger partial charge in [0.2, 0.25) is 0 Å². The molecule has 9 heteroatoms. The van der Waals surface area contributed by atoms with E-state index in [0.29, 0.717) is 19.6 Å². The first kappa shape index (κ1) is 22.7. The number of methoxy groups -OCH3 is 2. The third-order valence-electron chi connectivity index (χ3n) is 3.58. The number of esters is 1. The van der Waals surface area contributed by atoms with Gasteiger partial charge in [-0.15, -0.1) is 0 Å². The molecule has 152 valence electrons. The van der Waals surface area contributed by atoms with E-state index in [4.69, 9.17) is 18.9 Å². The summed E-state index contributed by atoms with van der Waals surface area (Å²) in [7, 11) is 2.75. The number of nitrogens with one attached hydrogen (secondary N) is 1. The van der Waals surface area contributed by atoms with Gasteiger partial charge in [0.1, 0.15) is 6.10 Å². The molecule has 0 aliphatic carbocycles. The van der Waals surface area contributed by atoms with E-state index >= 15 is 0 Å². The summed E-state index contributed by atoms with van der Waals surface area (Å²) in [6, 6.07) is 0.365. The summed E-state index contributed by atoms with van der Waals surface area (Å²) in [6.45, 7) is 4.80. The lowest BCUT2D eigenvalue weighted by molar-refractivity contribution is -0.152. The van der Waals surface area contributed by atoms with Crippen LogP contribution >= 0.6 is 0 Å². The average Bonchev–Trinajstić information content (AvgIpc) is 2.65. The van der Waals surface area contributed by atoms with Crippen LogP contribution in [0.25, 0.3) is 0 Å². The summed E-state index contributed by atoms with van der Waals surface area (Å²) >= 11 is 0. The zero-order valence-corrected chi connectivity index (χ0v) is 16.2. The number of aromatic nitrogens is 1. The van der Waals surface area contributed by atoms with Crippen LogP contribution in [0, 0.1) is 0 Å². The van der Waals surface area contributed by atoms with Crippen molar-refractivity contribution in [3.8, 4) is 11.5 Å². The Morgan fingerprint density at radius 1 is 1.30 bits per heavy atom. The Hall–Kier alpha value is -2.39. The minimum Gasteiger partial charge on any atom is -0.503 e. The van der Waals surface area contributed by atoms with Crippen LogP contribution in [0.1, 0.15) is 37.2 Å². The minimum absolute atomic E-state index is 0.0889. The predicted molar refractivity (Wildman–Crippen MR) is 96.9 cm³/mol. The first-order valence-corrected chi connectivity index (χ1v) is 8.74. The number of hydrogen-bond donors (Lipinski definition) is 2. The number of aromatic hydroxyl groups is 1. The van der Waals surface area contributed by atoms with Crippen molar-refractivity contribution in [2.45, 2.75) is 38.8 Å². The van der Waals surface area contributed by atoms with Gasteiger partial charge < -0.3 is 29.4 Å². The molecule has 0 saturated heterocycles. The van der Waals surface area contributed by atoms with Crippen molar-refractivity contribution in [1.29, 1.82) is 0 Å². The Morgan fingerprint density at radius 2 is 2.04 bits per heavy atom. The van der Waals surface area contributed by atoms with Crippen LogP contribution < -0.4 is 10.1 Å². The van der Waals surface area contributed by atoms with Gasteiger partial charge >= 0.3 is 5.97 Å². The van der Waals surface area contributed by atoms with Crippen molar-refractivity contribution < 1.29 is 33.6 Å². The number of nitrogens with zero attached hydrogens (tertiary/aromatic N) is 1. The molecule has 1 heterocycles. The molecule has 2 N–H and O–H groups in total. The van der Waals surface area contributed by atoms with Gasteiger partial charge in [0, 0.05) is 32.4 Å². The van der Waals surface area contributed by atoms with E-state index < -0.39 is 23.7 Å². The van der Waals surface area contributed by atoms with Crippen molar-refractivity contribution in [1.82, 2.24) is 10.3 Å². The molecule has 1 aromatic rings. The van der Waals surface area contributed by atoms with E-state index in [1.54, 1.807) is 6.92 Å². The van der Waals surface area contributed by atoms with Crippen LogP contribution in [0.4, 0.5) is 0 Å². The van der Waals surface area contributed by atoms with E-state index in [1.165, 1.54) is 26.5 Å². The van der Waals surface area contributed by atoms with Gasteiger partial charge in [-0.05, 0) is 13.3 Å². The normalized spacial score (nSPS) is 12.9. The molecule has 27 heavy (non-hydrogen) atoms. The van der Waals surface area contributed by atoms with Crippen LogP contribution in [-0.2, 0) is 19.0 Å². The quantitative estimate of drug-likeness (QED) is 0.409. The molecule has 1 amide bonds. The second-order valence-electron chi connectivity index (χ2n) is 5.84. The van der Waals surface area contributed by atoms with Gasteiger partial charge in [0.25, 0.3) is 5.91 Å². The maximum Gasteiger partial charge on any atom is 0.331 e. The van der Waals surface area contributed by atoms with Crippen LogP contribution in [0.15, 0.2) is 12.3 Å². The number of amides is 1. The first-order valence-electron chi connectivity index (χ1n) is 8.74. The SMILES string of the molecule is CCCOCCC(C)OC(=O)C(COC)NC(=O)c1nccc(OC)c1O. The zero-order valence-electron chi connectivity index (χ0n) is 16.2. The highest BCUT2D eigenvalue weighted by atomic mass is 16.6. The Kier molecular flexibility index (Phi) is 10.1. The van der Waals surface area contributed by atoms with E-state index in [1.807, 2.05) is 6.92 Å². The third-order valence-corrected chi connectivity index (χ3v) is 3.58. The first-order chi connectivity index (χ1) is 12.9. The molecule has 0 radical (unpaired) electrons. The van der Waals surface area contributed by atoms with Gasteiger partial charge in [-0.1, -0.05) is 6.92 Å². The molecule has 1 rings (SSSR count). The summed E-state index contributed by atoms with van der Waals surface area (Å²) in [5, 5.41) is 12.5. The number of pyridine rings is 1. The maximum absolute atomic E-state index is 12.4. The highest BCUT2D eigenvalue weighted by Gasteiger charge is 2.27. The van der Waals surface area contributed by atoms with Crippen molar-refractivity contribution in [3.63, 3.8) is 0 Å². The molecule has 0 aliphatic heterocycles. The van der Waals surface area contributed by atoms with Gasteiger partial charge in [0.05, 0.1) is 20.3 Å². The summed E-state index contributed by atoms with van der Waals surface area (Å²) in [5.74, 6) is -1.70. The second-order valence-corrected chi connectivity index (χ2v) is 5.84. The lowest BCUT2D eigenvalue weighted by Crippen LogP contribution is -2.46. The monoisotopic (exact) mass is 384 g/mol. The molecular weight excluding hydrogens is 356 g/mol. The largest absolute Gasteiger partial charge is 0.503 e. The molecule has 9 nitrogen and oxygen atoms in total. The molecule has 0 spiro atoms. The van der Waals surface area contributed by atoms with Gasteiger partial charge in [-0.3, -0.25) is 4.79 Å². The molecule has 2 atom stereocenters. The number of rotatable bonds is 12. The van der Waals surface area contributed by atoms with Crippen LogP contribution in [0.5, 0.6) is 11.5 Å². The standard InChI is InChI=1S/C18H28N2O7/c1-5-9-26-10-7-12(2)27-18(23)13(11-24-3)20-17(22)15-16(21)14(25-4)6-8-19-15/h6,8,12-13,21H,5,7,9-11H2,1-4H3,(H,20,22). The minimum atomic E-state index is -1.05. The van der Waals surface area contributed by atoms with E-state index in [-0.39, 0.29) is 24.2 Å². The predicted octanol–water partition coefficient (Wildman–Crippen LogP) is 1.29. The van der Waals surface area contributed by atoms with Gasteiger partial charge in [-0.2, -0.15) is 0 Å². The molecule has 0 aromatic carbocycles. The topological polar surface area (TPSA) is 116 Å². The second kappa shape index (κ2) is 12.1. The number of carbonyl (C=O) groups excluding carboxylic acids is 2. The molecule has 1 aromatic heterocycles. The fourth-order valence-corrected chi connectivity index (χ4v) is 2.16.